The predicted octanol–water partition coefficient (Wildman–Crippen LogP) is 3.52. The van der Waals surface area contributed by atoms with Gasteiger partial charge in [0.25, 0.3) is 0 Å². The van der Waals surface area contributed by atoms with Crippen LogP contribution in [-0.4, -0.2) is 53.6 Å². The van der Waals surface area contributed by atoms with Crippen molar-refractivity contribution in [2.24, 2.45) is 16.3 Å². The van der Waals surface area contributed by atoms with Gasteiger partial charge in [-0.3, -0.25) is 14.6 Å². The number of nitrogens with two attached hydrogens (primary N) is 1. The number of amides is 2. The monoisotopic (exact) mass is 438 g/mol. The standard InChI is InChI=1S/C24H30N4O2S/c1-18-8-12-28(26-18)13-9-22(29)27-14-10-24(11-15-27,23(25)30)17-19-5-2-3-6-20(19)21-7-4-16-31-21/h2-7,16H,8-15,17H2,1H3,(H2,25,30). The van der Waals surface area contributed by atoms with E-state index in [1.807, 2.05) is 35.0 Å². The largest absolute Gasteiger partial charge is 0.369 e. The summed E-state index contributed by atoms with van der Waals surface area (Å²) in [5.74, 6) is -0.126. The van der Waals surface area contributed by atoms with Crippen molar-refractivity contribution in [1.29, 1.82) is 0 Å². The lowest BCUT2D eigenvalue weighted by molar-refractivity contribution is -0.139. The van der Waals surface area contributed by atoms with Gasteiger partial charge in [0.15, 0.2) is 0 Å². The van der Waals surface area contributed by atoms with E-state index in [-0.39, 0.29) is 11.8 Å². The maximum Gasteiger partial charge on any atom is 0.224 e. The van der Waals surface area contributed by atoms with Crippen LogP contribution in [0.2, 0.25) is 0 Å². The molecule has 0 aliphatic carbocycles. The third kappa shape index (κ3) is 4.82. The molecule has 4 rings (SSSR count). The van der Waals surface area contributed by atoms with Crippen molar-refractivity contribution in [1.82, 2.24) is 9.91 Å². The van der Waals surface area contributed by atoms with Gasteiger partial charge in [-0.1, -0.05) is 30.3 Å². The molecule has 0 saturated carbocycles. The molecule has 7 heteroatoms. The number of nitrogens with zero attached hydrogens (tertiary/aromatic N) is 3. The number of thiophene rings is 1. The van der Waals surface area contributed by atoms with E-state index in [1.54, 1.807) is 11.3 Å². The van der Waals surface area contributed by atoms with Crippen molar-refractivity contribution in [3.05, 3.63) is 47.3 Å². The van der Waals surface area contributed by atoms with E-state index in [1.165, 1.54) is 4.88 Å². The van der Waals surface area contributed by atoms with Gasteiger partial charge >= 0.3 is 0 Å². The lowest BCUT2D eigenvalue weighted by Crippen LogP contribution is -2.50. The topological polar surface area (TPSA) is 79.0 Å². The number of benzene rings is 1. The summed E-state index contributed by atoms with van der Waals surface area (Å²) in [5.41, 5.74) is 8.76. The molecule has 31 heavy (non-hydrogen) atoms. The smallest absolute Gasteiger partial charge is 0.224 e. The second-order valence-corrected chi connectivity index (χ2v) is 9.57. The van der Waals surface area contributed by atoms with Crippen LogP contribution in [-0.2, 0) is 16.0 Å². The number of hydrogen-bond donors (Lipinski definition) is 1. The minimum Gasteiger partial charge on any atom is -0.369 e. The van der Waals surface area contributed by atoms with Crippen LogP contribution < -0.4 is 5.73 Å². The van der Waals surface area contributed by atoms with Crippen molar-refractivity contribution in [3.63, 3.8) is 0 Å². The van der Waals surface area contributed by atoms with E-state index in [4.69, 9.17) is 5.73 Å². The maximum absolute atomic E-state index is 12.7. The summed E-state index contributed by atoms with van der Waals surface area (Å²) in [6.45, 7) is 4.72. The molecule has 2 aliphatic heterocycles. The highest BCUT2D eigenvalue weighted by Crippen LogP contribution is 2.38. The van der Waals surface area contributed by atoms with Gasteiger partial charge in [0.05, 0.1) is 5.41 Å². The molecule has 2 amide bonds. The molecule has 0 atom stereocenters. The minimum absolute atomic E-state index is 0.136. The second kappa shape index (κ2) is 9.22. The Morgan fingerprint density at radius 2 is 1.90 bits per heavy atom. The molecule has 0 bridgehead atoms. The summed E-state index contributed by atoms with van der Waals surface area (Å²) in [7, 11) is 0. The molecule has 1 fully saturated rings. The van der Waals surface area contributed by atoms with E-state index in [2.05, 4.69) is 28.7 Å². The molecule has 0 radical (unpaired) electrons. The molecule has 0 unspecified atom stereocenters. The van der Waals surface area contributed by atoms with Gasteiger partial charge in [0.1, 0.15) is 0 Å². The van der Waals surface area contributed by atoms with Gasteiger partial charge in [-0.2, -0.15) is 5.10 Å². The Morgan fingerprint density at radius 3 is 2.55 bits per heavy atom. The van der Waals surface area contributed by atoms with Crippen LogP contribution >= 0.6 is 11.3 Å². The van der Waals surface area contributed by atoms with Crippen molar-refractivity contribution < 1.29 is 9.59 Å². The molecule has 1 saturated heterocycles. The van der Waals surface area contributed by atoms with Gasteiger partial charge in [0.2, 0.25) is 11.8 Å². The van der Waals surface area contributed by atoms with Crippen LogP contribution in [0.15, 0.2) is 46.9 Å². The van der Waals surface area contributed by atoms with Crippen LogP contribution in [0.5, 0.6) is 0 Å². The van der Waals surface area contributed by atoms with Gasteiger partial charge in [-0.05, 0) is 48.8 Å². The fourth-order valence-corrected chi connectivity index (χ4v) is 5.37. The van der Waals surface area contributed by atoms with Crippen LogP contribution in [0.1, 0.15) is 38.2 Å². The van der Waals surface area contributed by atoms with E-state index in [0.717, 1.165) is 29.8 Å². The quantitative estimate of drug-likeness (QED) is 0.718. The van der Waals surface area contributed by atoms with Gasteiger partial charge in [-0.15, -0.1) is 11.3 Å². The first-order valence-electron chi connectivity index (χ1n) is 11.0. The first-order chi connectivity index (χ1) is 15.0. The van der Waals surface area contributed by atoms with E-state index in [9.17, 15) is 9.59 Å². The first kappa shape index (κ1) is 21.6. The number of carbonyl (C=O) groups excluding carboxylic acids is 2. The highest BCUT2D eigenvalue weighted by atomic mass is 32.1. The molecule has 2 N–H and O–H groups in total. The number of hydrazone groups is 1. The predicted molar refractivity (Wildman–Crippen MR) is 125 cm³/mol. The summed E-state index contributed by atoms with van der Waals surface area (Å²) < 4.78 is 0. The van der Waals surface area contributed by atoms with Crippen LogP contribution in [0.4, 0.5) is 0 Å². The second-order valence-electron chi connectivity index (χ2n) is 8.63. The molecule has 0 spiro atoms. The minimum atomic E-state index is -0.611. The lowest BCUT2D eigenvalue weighted by Gasteiger charge is -2.40. The summed E-state index contributed by atoms with van der Waals surface area (Å²) >= 11 is 1.70. The van der Waals surface area contributed by atoms with E-state index < -0.39 is 5.41 Å². The molecule has 164 valence electrons. The molecular weight excluding hydrogens is 408 g/mol. The Labute approximate surface area is 187 Å². The number of rotatable bonds is 7. The zero-order chi connectivity index (χ0) is 21.8. The number of piperidine rings is 1. The summed E-state index contributed by atoms with van der Waals surface area (Å²) in [6.07, 6.45) is 3.26. The number of primary amides is 1. The van der Waals surface area contributed by atoms with Crippen molar-refractivity contribution >= 4 is 28.9 Å². The van der Waals surface area contributed by atoms with Crippen molar-refractivity contribution in [2.45, 2.75) is 39.0 Å². The molecule has 2 aliphatic rings. The Morgan fingerprint density at radius 1 is 1.13 bits per heavy atom. The highest BCUT2D eigenvalue weighted by Gasteiger charge is 2.41. The molecule has 1 aromatic carbocycles. The van der Waals surface area contributed by atoms with Gasteiger partial charge in [0, 0.05) is 49.6 Å². The summed E-state index contributed by atoms with van der Waals surface area (Å²) in [6, 6.07) is 12.4. The number of carbonyl (C=O) groups is 2. The van der Waals surface area contributed by atoms with Gasteiger partial charge < -0.3 is 10.6 Å². The Kier molecular flexibility index (Phi) is 6.41. The SMILES string of the molecule is CC1=NN(CCC(=O)N2CCC(Cc3ccccc3-c3cccs3)(C(N)=O)CC2)CC1. The van der Waals surface area contributed by atoms with Crippen molar-refractivity contribution in [2.75, 3.05) is 26.2 Å². The third-order valence-corrected chi connectivity index (χ3v) is 7.46. The van der Waals surface area contributed by atoms with Gasteiger partial charge in [-0.25, -0.2) is 0 Å². The number of likely N-dealkylation sites (tertiary alicyclic amines) is 1. The Balaban J connectivity index is 1.41. The van der Waals surface area contributed by atoms with Crippen LogP contribution in [0.3, 0.4) is 0 Å². The normalized spacial score (nSPS) is 18.2. The van der Waals surface area contributed by atoms with E-state index in [0.29, 0.717) is 45.3 Å². The zero-order valence-electron chi connectivity index (χ0n) is 18.0. The van der Waals surface area contributed by atoms with Crippen LogP contribution in [0, 0.1) is 5.41 Å². The first-order valence-corrected chi connectivity index (χ1v) is 11.8. The molecule has 6 nitrogen and oxygen atoms in total. The Hall–Kier alpha value is -2.67. The number of hydrogen-bond acceptors (Lipinski definition) is 5. The molecule has 3 heterocycles. The fraction of sp³-hybridized carbons (Fsp3) is 0.458. The average Bonchev–Trinajstić information content (AvgIpc) is 3.45. The maximum atomic E-state index is 12.7. The van der Waals surface area contributed by atoms with Crippen molar-refractivity contribution in [3.8, 4) is 10.4 Å². The molecule has 2 aromatic rings. The van der Waals surface area contributed by atoms with Crippen LogP contribution in [0.25, 0.3) is 10.4 Å². The third-order valence-electron chi connectivity index (χ3n) is 6.56. The Bertz CT molecular complexity index is 962. The molecular formula is C24H30N4O2S. The zero-order valence-corrected chi connectivity index (χ0v) is 18.9. The highest BCUT2D eigenvalue weighted by molar-refractivity contribution is 7.13. The lowest BCUT2D eigenvalue weighted by atomic mass is 9.72. The fourth-order valence-electron chi connectivity index (χ4n) is 4.58. The summed E-state index contributed by atoms with van der Waals surface area (Å²) in [5, 5.41) is 8.49. The summed E-state index contributed by atoms with van der Waals surface area (Å²) in [4.78, 5) is 28.4. The average molecular weight is 439 g/mol. The van der Waals surface area contributed by atoms with E-state index >= 15 is 0 Å². The molecule has 1 aromatic heterocycles.